The molecule has 0 spiro atoms. The van der Waals surface area contributed by atoms with Crippen molar-refractivity contribution >= 4 is 29.0 Å². The molecule has 0 aliphatic carbocycles. The molecule has 6 heteroatoms. The Morgan fingerprint density at radius 2 is 2.33 bits per heavy atom. The van der Waals surface area contributed by atoms with E-state index in [9.17, 15) is 4.79 Å². The van der Waals surface area contributed by atoms with Gasteiger partial charge in [0.2, 0.25) is 5.71 Å². The van der Waals surface area contributed by atoms with E-state index in [0.29, 0.717) is 10.7 Å². The number of nitriles is 1. The molecule has 1 rings (SSSR count). The molecule has 0 aliphatic heterocycles. The van der Waals surface area contributed by atoms with Gasteiger partial charge in [-0.2, -0.15) is 10.4 Å². The van der Waals surface area contributed by atoms with Crippen LogP contribution in [-0.2, 0) is 4.79 Å². The van der Waals surface area contributed by atoms with Crippen molar-refractivity contribution in [2.75, 3.05) is 5.43 Å². The van der Waals surface area contributed by atoms with Gasteiger partial charge >= 0.3 is 5.97 Å². The molecule has 0 amide bonds. The standard InChI is InChI=1S/C9H6ClN3O2/c10-6-2-1-3-7(4-6)12-13-8(5-11)9(14)15/h1-4,12H,(H,14,15). The molecule has 0 bridgehead atoms. The molecule has 0 saturated heterocycles. The van der Waals surface area contributed by atoms with Crippen molar-refractivity contribution in [3.63, 3.8) is 0 Å². The average molecular weight is 224 g/mol. The molecule has 15 heavy (non-hydrogen) atoms. The topological polar surface area (TPSA) is 85.5 Å². The van der Waals surface area contributed by atoms with Gasteiger partial charge < -0.3 is 5.11 Å². The maximum Gasteiger partial charge on any atom is 0.367 e. The molecule has 0 atom stereocenters. The summed E-state index contributed by atoms with van der Waals surface area (Å²) in [7, 11) is 0. The summed E-state index contributed by atoms with van der Waals surface area (Å²) in [4.78, 5) is 10.4. The SMILES string of the molecule is N#CC(=NNc1cccc(Cl)c1)C(=O)O. The van der Waals surface area contributed by atoms with Crippen LogP contribution in [0.2, 0.25) is 5.02 Å². The molecule has 2 N–H and O–H groups in total. The molecule has 0 unspecified atom stereocenters. The summed E-state index contributed by atoms with van der Waals surface area (Å²) in [5.41, 5.74) is 2.31. The number of aliphatic carboxylic acids is 1. The number of nitrogens with zero attached hydrogens (tertiary/aromatic N) is 2. The lowest BCUT2D eigenvalue weighted by atomic mass is 10.3. The number of carbonyl (C=O) groups is 1. The molecule has 0 radical (unpaired) electrons. The first-order valence-corrected chi connectivity index (χ1v) is 4.24. The van der Waals surface area contributed by atoms with Gasteiger partial charge in [0.15, 0.2) is 0 Å². The number of carboxylic acid groups (broad SMARTS) is 1. The van der Waals surface area contributed by atoms with Gasteiger partial charge in [-0.1, -0.05) is 17.7 Å². The van der Waals surface area contributed by atoms with Crippen molar-refractivity contribution in [1.29, 1.82) is 5.26 Å². The van der Waals surface area contributed by atoms with Crippen LogP contribution >= 0.6 is 11.6 Å². The Bertz CT molecular complexity index is 451. The summed E-state index contributed by atoms with van der Waals surface area (Å²) in [6.07, 6.45) is 0. The molecule has 76 valence electrons. The number of benzene rings is 1. The molecular formula is C9H6ClN3O2. The van der Waals surface area contributed by atoms with Crippen LogP contribution in [0.5, 0.6) is 0 Å². The van der Waals surface area contributed by atoms with Gasteiger partial charge in [0, 0.05) is 5.02 Å². The second-order valence-electron chi connectivity index (χ2n) is 2.50. The van der Waals surface area contributed by atoms with E-state index in [-0.39, 0.29) is 0 Å². The monoisotopic (exact) mass is 223 g/mol. The average Bonchev–Trinajstić information content (AvgIpc) is 2.18. The maximum absolute atomic E-state index is 10.4. The fourth-order valence-electron chi connectivity index (χ4n) is 0.799. The molecule has 1 aromatic rings. The Morgan fingerprint density at radius 3 is 2.87 bits per heavy atom. The van der Waals surface area contributed by atoms with Gasteiger partial charge in [-0.05, 0) is 18.2 Å². The predicted molar refractivity (Wildman–Crippen MR) is 55.8 cm³/mol. The second kappa shape index (κ2) is 4.98. The van der Waals surface area contributed by atoms with Crippen molar-refractivity contribution < 1.29 is 9.90 Å². The number of hydrogen-bond acceptors (Lipinski definition) is 4. The van der Waals surface area contributed by atoms with Gasteiger partial charge in [-0.15, -0.1) is 0 Å². The Hall–Kier alpha value is -2.06. The van der Waals surface area contributed by atoms with E-state index >= 15 is 0 Å². The highest BCUT2D eigenvalue weighted by Crippen LogP contribution is 2.14. The van der Waals surface area contributed by atoms with E-state index < -0.39 is 11.7 Å². The quantitative estimate of drug-likeness (QED) is 0.603. The summed E-state index contributed by atoms with van der Waals surface area (Å²) in [5.74, 6) is -1.38. The minimum atomic E-state index is -1.38. The van der Waals surface area contributed by atoms with Crippen LogP contribution < -0.4 is 5.43 Å². The first-order chi connectivity index (χ1) is 7.13. The molecule has 0 heterocycles. The van der Waals surface area contributed by atoms with E-state index in [1.165, 1.54) is 6.07 Å². The van der Waals surface area contributed by atoms with Crippen LogP contribution in [0.25, 0.3) is 0 Å². The number of hydrazone groups is 1. The van der Waals surface area contributed by atoms with E-state index in [0.717, 1.165) is 0 Å². The molecule has 0 aliphatic rings. The van der Waals surface area contributed by atoms with Crippen LogP contribution in [0, 0.1) is 11.3 Å². The lowest BCUT2D eigenvalue weighted by Gasteiger charge is -1.99. The van der Waals surface area contributed by atoms with Crippen molar-refractivity contribution in [2.24, 2.45) is 5.10 Å². The zero-order valence-electron chi connectivity index (χ0n) is 7.44. The zero-order valence-corrected chi connectivity index (χ0v) is 8.19. The summed E-state index contributed by atoms with van der Waals surface area (Å²) in [6, 6.07) is 7.98. The lowest BCUT2D eigenvalue weighted by Crippen LogP contribution is -2.12. The molecule has 0 aromatic heterocycles. The first-order valence-electron chi connectivity index (χ1n) is 3.86. The predicted octanol–water partition coefficient (Wildman–Crippen LogP) is 1.72. The second-order valence-corrected chi connectivity index (χ2v) is 2.94. The van der Waals surface area contributed by atoms with E-state index in [4.69, 9.17) is 22.0 Å². The third-order valence-corrected chi connectivity index (χ3v) is 1.66. The Morgan fingerprint density at radius 1 is 1.60 bits per heavy atom. The van der Waals surface area contributed by atoms with Gasteiger partial charge in [0.1, 0.15) is 6.07 Å². The molecule has 1 aromatic carbocycles. The minimum Gasteiger partial charge on any atom is -0.476 e. The van der Waals surface area contributed by atoms with Crippen molar-refractivity contribution in [1.82, 2.24) is 0 Å². The number of carboxylic acids is 1. The fraction of sp³-hybridized carbons (Fsp3) is 0. The number of rotatable bonds is 3. The zero-order chi connectivity index (χ0) is 11.3. The van der Waals surface area contributed by atoms with Crippen molar-refractivity contribution in [2.45, 2.75) is 0 Å². The molecular weight excluding hydrogens is 218 g/mol. The highest BCUT2D eigenvalue weighted by atomic mass is 35.5. The Kier molecular flexibility index (Phi) is 3.66. The number of halogens is 1. The summed E-state index contributed by atoms with van der Waals surface area (Å²) >= 11 is 5.69. The van der Waals surface area contributed by atoms with E-state index in [2.05, 4.69) is 10.5 Å². The third kappa shape index (κ3) is 3.29. The van der Waals surface area contributed by atoms with E-state index in [1.807, 2.05) is 0 Å². The summed E-state index contributed by atoms with van der Waals surface area (Å²) in [5, 5.41) is 20.8. The lowest BCUT2D eigenvalue weighted by molar-refractivity contribution is -0.129. The van der Waals surface area contributed by atoms with Crippen molar-refractivity contribution in [3.8, 4) is 6.07 Å². The summed E-state index contributed by atoms with van der Waals surface area (Å²) in [6.45, 7) is 0. The Balaban J connectivity index is 2.80. The third-order valence-electron chi connectivity index (χ3n) is 1.43. The number of hydrogen-bond donors (Lipinski definition) is 2. The number of nitrogens with one attached hydrogen (secondary N) is 1. The van der Waals surface area contributed by atoms with Gasteiger partial charge in [-0.25, -0.2) is 4.79 Å². The highest BCUT2D eigenvalue weighted by molar-refractivity contribution is 6.42. The fourth-order valence-corrected chi connectivity index (χ4v) is 0.989. The van der Waals surface area contributed by atoms with Crippen LogP contribution in [0.4, 0.5) is 5.69 Å². The highest BCUT2D eigenvalue weighted by Gasteiger charge is 2.07. The van der Waals surface area contributed by atoms with E-state index in [1.54, 1.807) is 24.3 Å². The van der Waals surface area contributed by atoms with Gasteiger partial charge in [-0.3, -0.25) is 5.43 Å². The van der Waals surface area contributed by atoms with Crippen LogP contribution in [0.1, 0.15) is 0 Å². The van der Waals surface area contributed by atoms with Crippen molar-refractivity contribution in [3.05, 3.63) is 29.3 Å². The molecule has 5 nitrogen and oxygen atoms in total. The molecule has 0 saturated carbocycles. The minimum absolute atomic E-state index is 0.490. The van der Waals surface area contributed by atoms with Gasteiger partial charge in [0.25, 0.3) is 0 Å². The van der Waals surface area contributed by atoms with Crippen LogP contribution in [0.15, 0.2) is 29.4 Å². The molecule has 0 fully saturated rings. The normalized spacial score (nSPS) is 10.5. The van der Waals surface area contributed by atoms with Crippen LogP contribution in [0.3, 0.4) is 0 Å². The smallest absolute Gasteiger partial charge is 0.367 e. The maximum atomic E-state index is 10.4. The van der Waals surface area contributed by atoms with Gasteiger partial charge in [0.05, 0.1) is 5.69 Å². The first kappa shape index (κ1) is 11.0. The van der Waals surface area contributed by atoms with Crippen LogP contribution in [-0.4, -0.2) is 16.8 Å². The Labute approximate surface area is 90.6 Å². The largest absolute Gasteiger partial charge is 0.476 e. The number of anilines is 1. The summed E-state index contributed by atoms with van der Waals surface area (Å²) < 4.78 is 0.